The Morgan fingerprint density at radius 2 is 1.87 bits per heavy atom. The second kappa shape index (κ2) is 9.44. The minimum Gasteiger partial charge on any atom is -0.378 e. The van der Waals surface area contributed by atoms with Crippen LogP contribution in [0.5, 0.6) is 0 Å². The Morgan fingerprint density at radius 3 is 2.63 bits per heavy atom. The smallest absolute Gasteiger partial charge is 0.183 e. The van der Waals surface area contributed by atoms with Gasteiger partial charge in [0.25, 0.3) is 0 Å². The molecule has 0 radical (unpaired) electrons. The fourth-order valence-corrected chi connectivity index (χ4v) is 4.07. The predicted molar refractivity (Wildman–Crippen MR) is 111 cm³/mol. The van der Waals surface area contributed by atoms with E-state index in [2.05, 4.69) is 24.6 Å². The van der Waals surface area contributed by atoms with Crippen LogP contribution in [0.4, 0.5) is 24.7 Å². The van der Waals surface area contributed by atoms with Gasteiger partial charge in [-0.3, -0.25) is 4.90 Å². The van der Waals surface area contributed by atoms with E-state index in [1.807, 2.05) is 6.07 Å². The number of hydrogen-bond acceptors (Lipinski definition) is 6. The summed E-state index contributed by atoms with van der Waals surface area (Å²) in [7, 11) is 0. The summed E-state index contributed by atoms with van der Waals surface area (Å²) in [5, 5.41) is 6.49. The lowest BCUT2D eigenvalue weighted by molar-refractivity contribution is 0.329. The summed E-state index contributed by atoms with van der Waals surface area (Å²) in [5.74, 6) is -1.97. The minimum absolute atomic E-state index is 0.0198. The molecule has 3 aromatic rings. The molecule has 0 amide bonds. The van der Waals surface area contributed by atoms with Crippen LogP contribution in [0.25, 0.3) is 0 Å². The van der Waals surface area contributed by atoms with Crippen molar-refractivity contribution in [1.29, 1.82) is 0 Å². The summed E-state index contributed by atoms with van der Waals surface area (Å²) in [4.78, 5) is 2.34. The summed E-state index contributed by atoms with van der Waals surface area (Å²) in [5.41, 5.74) is 1.30. The van der Waals surface area contributed by atoms with E-state index < -0.39 is 11.6 Å². The van der Waals surface area contributed by atoms with Gasteiger partial charge in [-0.2, -0.15) is 0 Å². The number of benzene rings is 2. The van der Waals surface area contributed by atoms with Crippen LogP contribution < -0.4 is 10.0 Å². The number of nitrogens with one attached hydrogen (secondary N) is 2. The van der Waals surface area contributed by atoms with Crippen molar-refractivity contribution in [2.75, 3.05) is 23.1 Å². The van der Waals surface area contributed by atoms with Crippen molar-refractivity contribution < 1.29 is 17.7 Å². The van der Waals surface area contributed by atoms with Gasteiger partial charge < -0.3 is 14.6 Å². The van der Waals surface area contributed by atoms with Crippen molar-refractivity contribution >= 4 is 23.5 Å². The SMILES string of the molecule is Fc1cccc(CN2CCCC2)c1CNc1ccc(SNc2ccon2)c(F)c1F. The molecule has 0 saturated carbocycles. The Kier molecular flexibility index (Phi) is 6.49. The second-order valence-corrected chi connectivity index (χ2v) is 7.89. The van der Waals surface area contributed by atoms with Gasteiger partial charge in [0.05, 0.1) is 10.6 Å². The first-order valence-corrected chi connectivity index (χ1v) is 10.5. The molecule has 1 saturated heterocycles. The van der Waals surface area contributed by atoms with Crippen molar-refractivity contribution in [2.45, 2.75) is 30.8 Å². The van der Waals surface area contributed by atoms with E-state index in [9.17, 15) is 13.2 Å². The Labute approximate surface area is 176 Å². The molecule has 0 unspecified atom stereocenters. The van der Waals surface area contributed by atoms with E-state index in [-0.39, 0.29) is 22.9 Å². The molecule has 9 heteroatoms. The topological polar surface area (TPSA) is 53.3 Å². The van der Waals surface area contributed by atoms with Crippen LogP contribution >= 0.6 is 11.9 Å². The summed E-state index contributed by atoms with van der Waals surface area (Å²) < 4.78 is 50.9. The van der Waals surface area contributed by atoms with Crippen LogP contribution in [-0.4, -0.2) is 23.1 Å². The Hall–Kier alpha value is -2.65. The zero-order valence-corrected chi connectivity index (χ0v) is 16.9. The Balaban J connectivity index is 1.45. The van der Waals surface area contributed by atoms with Gasteiger partial charge in [-0.15, -0.1) is 0 Å². The van der Waals surface area contributed by atoms with E-state index in [0.29, 0.717) is 17.9 Å². The van der Waals surface area contributed by atoms with Crippen molar-refractivity contribution in [3.63, 3.8) is 0 Å². The standard InChI is InChI=1S/C21H21F3N4OS/c22-16-5-3-4-14(13-28-9-1-2-10-28)15(16)12-25-17-6-7-18(21(24)20(17)23)30-27-19-8-11-29-26-19/h3-8,11,25H,1-2,9-10,12-13H2,(H,26,27). The highest BCUT2D eigenvalue weighted by molar-refractivity contribution is 8.00. The summed E-state index contributed by atoms with van der Waals surface area (Å²) in [6.45, 7) is 2.69. The third-order valence-corrected chi connectivity index (χ3v) is 5.86. The Morgan fingerprint density at radius 1 is 1.03 bits per heavy atom. The average molecular weight is 434 g/mol. The van der Waals surface area contributed by atoms with Gasteiger partial charge in [0, 0.05) is 24.7 Å². The molecular formula is C21H21F3N4OS. The molecular weight excluding hydrogens is 413 g/mol. The highest BCUT2D eigenvalue weighted by atomic mass is 32.2. The monoisotopic (exact) mass is 434 g/mol. The molecule has 0 spiro atoms. The van der Waals surface area contributed by atoms with Crippen molar-refractivity contribution in [1.82, 2.24) is 10.1 Å². The maximum absolute atomic E-state index is 14.5. The zero-order chi connectivity index (χ0) is 20.9. The molecule has 1 aliphatic rings. The first-order chi connectivity index (χ1) is 14.6. The molecule has 5 nitrogen and oxygen atoms in total. The number of hydrogen-bond donors (Lipinski definition) is 2. The third kappa shape index (κ3) is 4.73. The highest BCUT2D eigenvalue weighted by Crippen LogP contribution is 2.29. The molecule has 158 valence electrons. The van der Waals surface area contributed by atoms with Gasteiger partial charge in [0.15, 0.2) is 17.5 Å². The maximum atomic E-state index is 14.5. The van der Waals surface area contributed by atoms with Gasteiger partial charge in [-0.1, -0.05) is 17.3 Å². The fraction of sp³-hybridized carbons (Fsp3) is 0.286. The van der Waals surface area contributed by atoms with Gasteiger partial charge in [-0.05, 0) is 61.6 Å². The van der Waals surface area contributed by atoms with E-state index in [0.717, 1.165) is 43.4 Å². The lowest BCUT2D eigenvalue weighted by Gasteiger charge is -2.19. The molecule has 1 aliphatic heterocycles. The van der Waals surface area contributed by atoms with Crippen molar-refractivity contribution in [2.24, 2.45) is 0 Å². The summed E-state index contributed by atoms with van der Waals surface area (Å²) >= 11 is 0.884. The van der Waals surface area contributed by atoms with E-state index in [4.69, 9.17) is 0 Å². The van der Waals surface area contributed by atoms with Gasteiger partial charge in [-0.25, -0.2) is 13.2 Å². The highest BCUT2D eigenvalue weighted by Gasteiger charge is 2.18. The first kappa shape index (κ1) is 20.6. The van der Waals surface area contributed by atoms with Gasteiger partial charge in [0.2, 0.25) is 0 Å². The van der Waals surface area contributed by atoms with Crippen LogP contribution in [0.1, 0.15) is 24.0 Å². The fourth-order valence-electron chi connectivity index (χ4n) is 3.43. The normalized spacial score (nSPS) is 14.2. The quantitative estimate of drug-likeness (QED) is 0.462. The molecule has 4 rings (SSSR count). The first-order valence-electron chi connectivity index (χ1n) is 9.65. The minimum atomic E-state index is -1.01. The Bertz CT molecular complexity index is 994. The average Bonchev–Trinajstić information content (AvgIpc) is 3.44. The molecule has 1 fully saturated rings. The van der Waals surface area contributed by atoms with Crippen LogP contribution in [-0.2, 0) is 13.1 Å². The predicted octanol–water partition coefficient (Wildman–Crippen LogP) is 5.42. The van der Waals surface area contributed by atoms with Crippen molar-refractivity contribution in [3.05, 3.63) is 71.2 Å². The van der Waals surface area contributed by atoms with E-state index in [1.54, 1.807) is 12.1 Å². The summed E-state index contributed by atoms with van der Waals surface area (Å²) in [6.07, 6.45) is 3.65. The van der Waals surface area contributed by atoms with E-state index >= 15 is 0 Å². The summed E-state index contributed by atoms with van der Waals surface area (Å²) in [6, 6.07) is 9.39. The van der Waals surface area contributed by atoms with Crippen LogP contribution in [0.2, 0.25) is 0 Å². The molecule has 1 aromatic heterocycles. The van der Waals surface area contributed by atoms with Crippen LogP contribution in [0, 0.1) is 17.5 Å². The van der Waals surface area contributed by atoms with E-state index in [1.165, 1.54) is 24.5 Å². The van der Waals surface area contributed by atoms with Crippen LogP contribution in [0.15, 0.2) is 52.1 Å². The second-order valence-electron chi connectivity index (χ2n) is 7.04. The number of likely N-dealkylation sites (tertiary alicyclic amines) is 1. The lowest BCUT2D eigenvalue weighted by Crippen LogP contribution is -2.20. The number of nitrogens with zero attached hydrogens (tertiary/aromatic N) is 2. The van der Waals surface area contributed by atoms with Crippen LogP contribution in [0.3, 0.4) is 0 Å². The molecule has 0 aliphatic carbocycles. The number of aromatic nitrogens is 1. The molecule has 30 heavy (non-hydrogen) atoms. The number of anilines is 2. The zero-order valence-electron chi connectivity index (χ0n) is 16.1. The van der Waals surface area contributed by atoms with Gasteiger partial charge >= 0.3 is 0 Å². The maximum Gasteiger partial charge on any atom is 0.183 e. The van der Waals surface area contributed by atoms with Gasteiger partial charge in [0.1, 0.15) is 12.1 Å². The molecule has 0 atom stereocenters. The third-order valence-electron chi connectivity index (χ3n) is 5.01. The lowest BCUT2D eigenvalue weighted by atomic mass is 10.1. The number of halogens is 3. The molecule has 2 aromatic carbocycles. The molecule has 2 heterocycles. The molecule has 0 bridgehead atoms. The largest absolute Gasteiger partial charge is 0.378 e. The number of rotatable bonds is 8. The molecule has 2 N–H and O–H groups in total. The van der Waals surface area contributed by atoms with Crippen molar-refractivity contribution in [3.8, 4) is 0 Å².